The maximum absolute atomic E-state index is 12.8. The first kappa shape index (κ1) is 24.7. The maximum Gasteiger partial charge on any atom is 0.253 e. The molecule has 3 rings (SSSR count). The fourth-order valence-corrected chi connectivity index (χ4v) is 4.48. The van der Waals surface area contributed by atoms with Crippen LogP contribution < -0.4 is 10.9 Å². The van der Waals surface area contributed by atoms with E-state index in [1.807, 2.05) is 12.1 Å². The number of benzene rings is 1. The summed E-state index contributed by atoms with van der Waals surface area (Å²) in [6.07, 6.45) is 4.37. The molecule has 0 amide bonds. The van der Waals surface area contributed by atoms with E-state index in [4.69, 9.17) is 17.0 Å². The summed E-state index contributed by atoms with van der Waals surface area (Å²) in [7, 11) is 0. The molecule has 1 aromatic carbocycles. The Morgan fingerprint density at radius 1 is 1.22 bits per heavy atom. The van der Waals surface area contributed by atoms with Crippen molar-refractivity contribution in [2.45, 2.75) is 59.1 Å². The Kier molecular flexibility index (Phi) is 9.51. The van der Waals surface area contributed by atoms with Crippen LogP contribution >= 0.6 is 12.2 Å². The third-order valence-electron chi connectivity index (χ3n) is 6.34. The van der Waals surface area contributed by atoms with Crippen LogP contribution in [-0.2, 0) is 17.7 Å². The third kappa shape index (κ3) is 6.77. The molecule has 1 saturated heterocycles. The largest absolute Gasteiger partial charge is 0.376 e. The van der Waals surface area contributed by atoms with E-state index < -0.39 is 0 Å². The van der Waals surface area contributed by atoms with Crippen molar-refractivity contribution in [1.29, 1.82) is 0 Å². The van der Waals surface area contributed by atoms with Crippen LogP contribution in [0.25, 0.3) is 10.9 Å². The Morgan fingerprint density at radius 3 is 2.72 bits per heavy atom. The number of hydrogen-bond acceptors (Lipinski definition) is 4. The molecule has 1 aliphatic rings. The zero-order chi connectivity index (χ0) is 22.9. The normalized spacial score (nSPS) is 16.1. The summed E-state index contributed by atoms with van der Waals surface area (Å²) in [5.74, 6) is 0. The lowest BCUT2D eigenvalue weighted by Crippen LogP contribution is -2.44. The van der Waals surface area contributed by atoms with Gasteiger partial charge in [0.25, 0.3) is 5.56 Å². The highest BCUT2D eigenvalue weighted by Crippen LogP contribution is 2.16. The van der Waals surface area contributed by atoms with Crippen molar-refractivity contribution in [2.24, 2.45) is 0 Å². The quantitative estimate of drug-likeness (QED) is 0.501. The summed E-state index contributed by atoms with van der Waals surface area (Å²) < 4.78 is 5.73. The molecule has 0 unspecified atom stereocenters. The lowest BCUT2D eigenvalue weighted by Gasteiger charge is -2.28. The number of hydrogen-bond donors (Lipinski definition) is 2. The summed E-state index contributed by atoms with van der Waals surface area (Å²) in [5.41, 5.74) is 2.84. The number of H-pyrrole nitrogens is 1. The van der Waals surface area contributed by atoms with Gasteiger partial charge in [0.1, 0.15) is 0 Å². The number of nitrogens with zero attached hydrogens (tertiary/aromatic N) is 2. The highest BCUT2D eigenvalue weighted by atomic mass is 32.1. The lowest BCUT2D eigenvalue weighted by atomic mass is 10.1. The number of aromatic amines is 1. The van der Waals surface area contributed by atoms with Crippen molar-refractivity contribution >= 4 is 28.2 Å². The summed E-state index contributed by atoms with van der Waals surface area (Å²) >= 11 is 5.76. The van der Waals surface area contributed by atoms with Crippen molar-refractivity contribution in [1.82, 2.24) is 20.1 Å². The molecule has 2 heterocycles. The second kappa shape index (κ2) is 12.3. The molecule has 1 aromatic heterocycles. The fraction of sp³-hybridized carbons (Fsp3) is 0.600. The van der Waals surface area contributed by atoms with Crippen molar-refractivity contribution < 1.29 is 4.74 Å². The summed E-state index contributed by atoms with van der Waals surface area (Å²) in [6.45, 7) is 12.5. The molecule has 176 valence electrons. The van der Waals surface area contributed by atoms with Gasteiger partial charge in [0.2, 0.25) is 0 Å². The maximum atomic E-state index is 12.8. The van der Waals surface area contributed by atoms with E-state index >= 15 is 0 Å². The number of rotatable bonds is 11. The Labute approximate surface area is 197 Å². The zero-order valence-electron chi connectivity index (χ0n) is 19.8. The molecule has 7 heteroatoms. The SMILES string of the molecule is CCc1ccc2[nH]c(=O)c(CN(CCCN(CC)CC)C(=S)NC[C@H]3CCCO3)cc2c1. The number of ether oxygens (including phenoxy) is 1. The molecule has 2 N–H and O–H groups in total. The molecule has 32 heavy (non-hydrogen) atoms. The summed E-state index contributed by atoms with van der Waals surface area (Å²) in [4.78, 5) is 20.4. The number of aryl methyl sites for hydroxylation is 1. The van der Waals surface area contributed by atoms with E-state index in [1.165, 1.54) is 5.56 Å². The first-order chi connectivity index (χ1) is 15.5. The molecule has 1 atom stereocenters. The van der Waals surface area contributed by atoms with Gasteiger partial charge in [0.15, 0.2) is 5.11 Å². The average molecular weight is 459 g/mol. The van der Waals surface area contributed by atoms with Gasteiger partial charge < -0.3 is 24.8 Å². The number of pyridine rings is 1. The second-order valence-corrected chi connectivity index (χ2v) is 8.91. The average Bonchev–Trinajstić information content (AvgIpc) is 3.33. The van der Waals surface area contributed by atoms with E-state index in [1.54, 1.807) is 0 Å². The summed E-state index contributed by atoms with van der Waals surface area (Å²) in [5, 5.41) is 5.16. The number of thiocarbonyl (C=S) groups is 1. The molecule has 0 bridgehead atoms. The molecule has 0 radical (unpaired) electrons. The van der Waals surface area contributed by atoms with E-state index in [-0.39, 0.29) is 11.7 Å². The van der Waals surface area contributed by atoms with Gasteiger partial charge in [0, 0.05) is 30.8 Å². The highest BCUT2D eigenvalue weighted by Gasteiger charge is 2.18. The smallest absolute Gasteiger partial charge is 0.253 e. The van der Waals surface area contributed by atoms with Gasteiger partial charge in [-0.2, -0.15) is 0 Å². The van der Waals surface area contributed by atoms with Gasteiger partial charge >= 0.3 is 0 Å². The van der Waals surface area contributed by atoms with Gasteiger partial charge in [-0.25, -0.2) is 0 Å². The van der Waals surface area contributed by atoms with E-state index in [0.29, 0.717) is 11.7 Å². The van der Waals surface area contributed by atoms with E-state index in [2.05, 4.69) is 53.0 Å². The van der Waals surface area contributed by atoms with Gasteiger partial charge in [-0.15, -0.1) is 0 Å². The topological polar surface area (TPSA) is 60.6 Å². The lowest BCUT2D eigenvalue weighted by molar-refractivity contribution is 0.113. The van der Waals surface area contributed by atoms with Gasteiger partial charge in [-0.05, 0) is 86.7 Å². The van der Waals surface area contributed by atoms with Crippen LogP contribution in [0.5, 0.6) is 0 Å². The van der Waals surface area contributed by atoms with Crippen LogP contribution in [0, 0.1) is 0 Å². The van der Waals surface area contributed by atoms with Crippen molar-refractivity contribution in [3.63, 3.8) is 0 Å². The molecular weight excluding hydrogens is 420 g/mol. The predicted octanol–water partition coefficient (Wildman–Crippen LogP) is 3.68. The Hall–Kier alpha value is -1.96. The van der Waals surface area contributed by atoms with Crippen LogP contribution in [0.4, 0.5) is 0 Å². The minimum atomic E-state index is -0.0441. The van der Waals surface area contributed by atoms with Crippen LogP contribution in [0.2, 0.25) is 0 Å². The number of nitrogens with one attached hydrogen (secondary N) is 2. The molecule has 0 aliphatic carbocycles. The zero-order valence-corrected chi connectivity index (χ0v) is 20.6. The fourth-order valence-electron chi connectivity index (χ4n) is 4.24. The molecule has 0 saturated carbocycles. The predicted molar refractivity (Wildman–Crippen MR) is 136 cm³/mol. The molecule has 6 nitrogen and oxygen atoms in total. The molecule has 2 aromatic rings. The molecule has 0 spiro atoms. The number of fused-ring (bicyclic) bond motifs is 1. The minimum Gasteiger partial charge on any atom is -0.376 e. The Bertz CT molecular complexity index is 935. The summed E-state index contributed by atoms with van der Waals surface area (Å²) in [6, 6.07) is 8.25. The standard InChI is InChI=1S/C25H38N4O2S/c1-4-19-10-11-23-20(15-19)16-21(24(30)27-23)18-29(13-8-12-28(5-2)6-3)25(32)26-17-22-9-7-14-31-22/h10-11,15-16,22H,4-9,12-14,17-18H2,1-3H3,(H,26,32)(H,27,30)/t22-/m1/s1. The highest BCUT2D eigenvalue weighted by molar-refractivity contribution is 7.80. The molecule has 1 fully saturated rings. The van der Waals surface area contributed by atoms with Gasteiger partial charge in [0.05, 0.1) is 12.6 Å². The Balaban J connectivity index is 1.74. The van der Waals surface area contributed by atoms with Crippen LogP contribution in [0.1, 0.15) is 51.2 Å². The molecule has 1 aliphatic heterocycles. The van der Waals surface area contributed by atoms with Gasteiger partial charge in [-0.3, -0.25) is 4.79 Å². The van der Waals surface area contributed by atoms with Crippen molar-refractivity contribution in [3.05, 3.63) is 45.7 Å². The molecular formula is C25H38N4O2S. The van der Waals surface area contributed by atoms with Crippen LogP contribution in [0.3, 0.4) is 0 Å². The monoisotopic (exact) mass is 458 g/mol. The second-order valence-electron chi connectivity index (χ2n) is 8.52. The van der Waals surface area contributed by atoms with E-state index in [0.717, 1.165) is 81.5 Å². The van der Waals surface area contributed by atoms with Crippen LogP contribution in [-0.4, -0.2) is 65.3 Å². The van der Waals surface area contributed by atoms with E-state index in [9.17, 15) is 4.79 Å². The van der Waals surface area contributed by atoms with Crippen LogP contribution in [0.15, 0.2) is 29.1 Å². The van der Waals surface area contributed by atoms with Crippen molar-refractivity contribution in [3.8, 4) is 0 Å². The number of aromatic nitrogens is 1. The van der Waals surface area contributed by atoms with Gasteiger partial charge in [-0.1, -0.05) is 26.8 Å². The van der Waals surface area contributed by atoms with Crippen molar-refractivity contribution in [2.75, 3.05) is 39.3 Å². The Morgan fingerprint density at radius 2 is 2.03 bits per heavy atom. The third-order valence-corrected chi connectivity index (χ3v) is 6.75. The minimum absolute atomic E-state index is 0.0441. The first-order valence-corrected chi connectivity index (χ1v) is 12.5. The first-order valence-electron chi connectivity index (χ1n) is 12.1.